The number of sulfonamides is 1. The molecule has 30 heavy (non-hydrogen) atoms. The van der Waals surface area contributed by atoms with Gasteiger partial charge in [-0.3, -0.25) is 9.10 Å². The summed E-state index contributed by atoms with van der Waals surface area (Å²) in [6.45, 7) is 0.485. The lowest BCUT2D eigenvalue weighted by molar-refractivity contribution is 0.0957. The minimum Gasteiger partial charge on any atom is -0.355 e. The van der Waals surface area contributed by atoms with Gasteiger partial charge in [-0.15, -0.1) is 0 Å². The molecule has 1 amide bonds. The second-order valence-corrected chi connectivity index (χ2v) is 9.07. The van der Waals surface area contributed by atoms with Crippen LogP contribution in [0.1, 0.15) is 15.9 Å². The molecular formula is C23H23N3O3S. The Labute approximate surface area is 176 Å². The SMILES string of the molecule is O=C(NCCS(=O)(=O)N1CCc2ccccc21)c1ccccc1Nc1ccccc1. The predicted molar refractivity (Wildman–Crippen MR) is 120 cm³/mol. The molecule has 4 rings (SSSR count). The number of fused-ring (bicyclic) bond motifs is 1. The smallest absolute Gasteiger partial charge is 0.253 e. The van der Waals surface area contributed by atoms with Crippen molar-refractivity contribution in [2.75, 3.05) is 28.5 Å². The van der Waals surface area contributed by atoms with Crippen LogP contribution in [-0.4, -0.2) is 33.2 Å². The van der Waals surface area contributed by atoms with Gasteiger partial charge in [-0.25, -0.2) is 8.42 Å². The number of hydrogen-bond acceptors (Lipinski definition) is 4. The molecule has 1 aliphatic heterocycles. The summed E-state index contributed by atoms with van der Waals surface area (Å²) in [5.41, 5.74) is 3.77. The highest BCUT2D eigenvalue weighted by molar-refractivity contribution is 7.92. The first kappa shape index (κ1) is 20.0. The van der Waals surface area contributed by atoms with Crippen molar-refractivity contribution in [3.05, 3.63) is 90.0 Å². The van der Waals surface area contributed by atoms with Crippen molar-refractivity contribution in [3.8, 4) is 0 Å². The maximum Gasteiger partial charge on any atom is 0.253 e. The van der Waals surface area contributed by atoms with Crippen LogP contribution in [0.4, 0.5) is 17.1 Å². The van der Waals surface area contributed by atoms with E-state index in [1.54, 1.807) is 12.1 Å². The van der Waals surface area contributed by atoms with Gasteiger partial charge in [0.15, 0.2) is 0 Å². The average Bonchev–Trinajstić information content (AvgIpc) is 3.20. The van der Waals surface area contributed by atoms with Gasteiger partial charge in [-0.2, -0.15) is 0 Å². The Morgan fingerprint density at radius 1 is 0.900 bits per heavy atom. The number of anilines is 3. The van der Waals surface area contributed by atoms with Gasteiger partial charge >= 0.3 is 0 Å². The lowest BCUT2D eigenvalue weighted by Crippen LogP contribution is -2.37. The van der Waals surface area contributed by atoms with E-state index in [1.165, 1.54) is 4.31 Å². The standard InChI is InChI=1S/C23H23N3O3S/c27-23(20-11-5-6-12-21(20)25-19-9-2-1-3-10-19)24-15-17-30(28,29)26-16-14-18-8-4-7-13-22(18)26/h1-13,25H,14-17H2,(H,24,27). The Hall–Kier alpha value is -3.32. The molecular weight excluding hydrogens is 398 g/mol. The third-order valence-electron chi connectivity index (χ3n) is 5.05. The van der Waals surface area contributed by atoms with Crippen LogP contribution in [0.15, 0.2) is 78.9 Å². The molecule has 1 aliphatic rings. The highest BCUT2D eigenvalue weighted by Crippen LogP contribution is 2.29. The molecule has 7 heteroatoms. The Morgan fingerprint density at radius 2 is 1.60 bits per heavy atom. The summed E-state index contributed by atoms with van der Waals surface area (Å²) >= 11 is 0. The number of hydrogen-bond donors (Lipinski definition) is 2. The molecule has 154 valence electrons. The molecule has 0 saturated carbocycles. The molecule has 0 spiro atoms. The zero-order valence-corrected chi connectivity index (χ0v) is 17.2. The molecule has 6 nitrogen and oxygen atoms in total. The first-order valence-corrected chi connectivity index (χ1v) is 11.4. The highest BCUT2D eigenvalue weighted by atomic mass is 32.2. The molecule has 0 aliphatic carbocycles. The number of carbonyl (C=O) groups is 1. The molecule has 1 heterocycles. The minimum atomic E-state index is -3.51. The Kier molecular flexibility index (Phi) is 5.72. The number of amides is 1. The van der Waals surface area contributed by atoms with Crippen LogP contribution >= 0.6 is 0 Å². The van der Waals surface area contributed by atoms with Crippen molar-refractivity contribution < 1.29 is 13.2 Å². The molecule has 3 aromatic rings. The maximum atomic E-state index is 12.8. The molecule has 0 bridgehead atoms. The average molecular weight is 422 g/mol. The van der Waals surface area contributed by atoms with E-state index in [2.05, 4.69) is 10.6 Å². The summed E-state index contributed by atoms with van der Waals surface area (Å²) in [6, 6.07) is 24.2. The lowest BCUT2D eigenvalue weighted by Gasteiger charge is -2.19. The van der Waals surface area contributed by atoms with Crippen molar-refractivity contribution in [1.82, 2.24) is 5.32 Å². The van der Waals surface area contributed by atoms with E-state index in [0.29, 0.717) is 24.2 Å². The lowest BCUT2D eigenvalue weighted by atomic mass is 10.1. The molecule has 0 fully saturated rings. The fourth-order valence-corrected chi connectivity index (χ4v) is 4.99. The van der Waals surface area contributed by atoms with Gasteiger partial charge in [-0.1, -0.05) is 48.5 Å². The van der Waals surface area contributed by atoms with Gasteiger partial charge in [0.2, 0.25) is 10.0 Å². The number of carbonyl (C=O) groups excluding carboxylic acids is 1. The van der Waals surface area contributed by atoms with E-state index in [1.807, 2.05) is 66.7 Å². The number of para-hydroxylation sites is 3. The molecule has 0 aromatic heterocycles. The number of nitrogens with one attached hydrogen (secondary N) is 2. The van der Waals surface area contributed by atoms with Gasteiger partial charge in [0, 0.05) is 18.8 Å². The van der Waals surface area contributed by atoms with E-state index < -0.39 is 10.0 Å². The van der Waals surface area contributed by atoms with Crippen molar-refractivity contribution in [2.45, 2.75) is 6.42 Å². The van der Waals surface area contributed by atoms with Crippen LogP contribution in [0.3, 0.4) is 0 Å². The van der Waals surface area contributed by atoms with Crippen LogP contribution in [-0.2, 0) is 16.4 Å². The largest absolute Gasteiger partial charge is 0.355 e. The topological polar surface area (TPSA) is 78.5 Å². The second kappa shape index (κ2) is 8.59. The van der Waals surface area contributed by atoms with Crippen LogP contribution in [0.25, 0.3) is 0 Å². The third kappa shape index (κ3) is 4.31. The fraction of sp³-hybridized carbons (Fsp3) is 0.174. The zero-order chi connectivity index (χ0) is 21.0. The van der Waals surface area contributed by atoms with Crippen molar-refractivity contribution in [2.24, 2.45) is 0 Å². The Morgan fingerprint density at radius 3 is 2.43 bits per heavy atom. The molecule has 0 atom stereocenters. The zero-order valence-electron chi connectivity index (χ0n) is 16.4. The molecule has 2 N–H and O–H groups in total. The van der Waals surface area contributed by atoms with Crippen LogP contribution in [0, 0.1) is 0 Å². The molecule has 3 aromatic carbocycles. The normalized spacial score (nSPS) is 13.0. The first-order valence-electron chi connectivity index (χ1n) is 9.82. The molecule has 0 saturated heterocycles. The summed E-state index contributed by atoms with van der Waals surface area (Å²) in [5, 5.41) is 5.97. The van der Waals surface area contributed by atoms with Crippen molar-refractivity contribution >= 4 is 33.0 Å². The quantitative estimate of drug-likeness (QED) is 0.612. The first-order chi connectivity index (χ1) is 14.5. The molecule has 0 unspecified atom stereocenters. The number of benzene rings is 3. The Bertz CT molecular complexity index is 1150. The molecule has 0 radical (unpaired) electrons. The summed E-state index contributed by atoms with van der Waals surface area (Å²) in [5.74, 6) is -0.465. The van der Waals surface area contributed by atoms with Crippen LogP contribution in [0.5, 0.6) is 0 Å². The monoisotopic (exact) mass is 421 g/mol. The van der Waals surface area contributed by atoms with E-state index in [9.17, 15) is 13.2 Å². The van der Waals surface area contributed by atoms with Gasteiger partial charge in [0.05, 0.1) is 22.7 Å². The van der Waals surface area contributed by atoms with E-state index in [4.69, 9.17) is 0 Å². The van der Waals surface area contributed by atoms with Gasteiger partial charge in [0.1, 0.15) is 0 Å². The van der Waals surface area contributed by atoms with Crippen molar-refractivity contribution in [3.63, 3.8) is 0 Å². The number of nitrogens with zero attached hydrogens (tertiary/aromatic N) is 1. The van der Waals surface area contributed by atoms with E-state index >= 15 is 0 Å². The van der Waals surface area contributed by atoms with Gasteiger partial charge in [0.25, 0.3) is 5.91 Å². The van der Waals surface area contributed by atoms with Crippen LogP contribution in [0.2, 0.25) is 0 Å². The number of rotatable bonds is 7. The fourth-order valence-electron chi connectivity index (χ4n) is 3.56. The summed E-state index contributed by atoms with van der Waals surface area (Å²) in [4.78, 5) is 12.7. The summed E-state index contributed by atoms with van der Waals surface area (Å²) < 4.78 is 27.0. The second-order valence-electron chi connectivity index (χ2n) is 7.06. The van der Waals surface area contributed by atoms with Crippen molar-refractivity contribution in [1.29, 1.82) is 0 Å². The van der Waals surface area contributed by atoms with Gasteiger partial charge < -0.3 is 10.6 Å². The van der Waals surface area contributed by atoms with E-state index in [-0.39, 0.29) is 18.2 Å². The van der Waals surface area contributed by atoms with E-state index in [0.717, 1.165) is 16.9 Å². The predicted octanol–water partition coefficient (Wildman–Crippen LogP) is 3.55. The Balaban J connectivity index is 1.40. The van der Waals surface area contributed by atoms with Gasteiger partial charge in [-0.05, 0) is 42.3 Å². The van der Waals surface area contributed by atoms with Crippen LogP contribution < -0.4 is 14.9 Å². The minimum absolute atomic E-state index is 0.0412. The maximum absolute atomic E-state index is 12.8. The third-order valence-corrected chi connectivity index (χ3v) is 6.82. The summed E-state index contributed by atoms with van der Waals surface area (Å²) in [6.07, 6.45) is 0.709. The highest BCUT2D eigenvalue weighted by Gasteiger charge is 2.28. The summed E-state index contributed by atoms with van der Waals surface area (Å²) in [7, 11) is -3.51.